The van der Waals surface area contributed by atoms with Crippen LogP contribution in [0.2, 0.25) is 0 Å². The van der Waals surface area contributed by atoms with E-state index in [0.29, 0.717) is 4.90 Å². The third-order valence-electron chi connectivity index (χ3n) is 3.67. The minimum absolute atomic E-state index is 0.0193. The molecule has 0 spiro atoms. The van der Waals surface area contributed by atoms with Crippen molar-refractivity contribution >= 4 is 17.6 Å². The Hall–Kier alpha value is -3.04. The average Bonchev–Trinajstić information content (AvgIpc) is 2.60. The quantitative estimate of drug-likeness (QED) is 0.363. The van der Waals surface area contributed by atoms with Crippen molar-refractivity contribution in [2.24, 2.45) is 5.16 Å². The van der Waals surface area contributed by atoms with Crippen LogP contribution < -0.4 is 0 Å². The number of alkyl halides is 3. The smallest absolute Gasteiger partial charge is 0.471 e. The summed E-state index contributed by atoms with van der Waals surface area (Å²) in [5.41, 5.74) is -0.160. The van der Waals surface area contributed by atoms with E-state index in [4.69, 9.17) is 9.57 Å². The zero-order valence-electron chi connectivity index (χ0n) is 14.3. The fraction of sp³-hybridized carbons (Fsp3) is 0.353. The van der Waals surface area contributed by atoms with E-state index >= 15 is 0 Å². The lowest BCUT2D eigenvalue weighted by Crippen LogP contribution is -2.51. The summed E-state index contributed by atoms with van der Waals surface area (Å²) in [6, 6.07) is 2.25. The standard InChI is InChI=1S/C17H17F3N2O5/c1-3-8-27-21-11-9-22(16(25)17(18,19)20)14(15(24)26-4-2)10-6-5-7-12(23)13(10)11/h3,5-7,14,23H,1,4,8-9H2,2H3/b21-11-. The number of hydrogen-bond donors (Lipinski definition) is 1. The molecule has 0 fully saturated rings. The average molecular weight is 386 g/mol. The van der Waals surface area contributed by atoms with Gasteiger partial charge >= 0.3 is 18.1 Å². The fourth-order valence-corrected chi connectivity index (χ4v) is 2.67. The molecule has 10 heteroatoms. The first-order chi connectivity index (χ1) is 12.7. The maximum absolute atomic E-state index is 13.1. The number of ether oxygens (including phenoxy) is 1. The lowest BCUT2D eigenvalue weighted by molar-refractivity contribution is -0.190. The number of hydrogen-bond acceptors (Lipinski definition) is 6. The summed E-state index contributed by atoms with van der Waals surface area (Å²) in [5, 5.41) is 13.9. The molecule has 0 bridgehead atoms. The van der Waals surface area contributed by atoms with Crippen LogP contribution in [0.5, 0.6) is 5.75 Å². The Morgan fingerprint density at radius 3 is 2.74 bits per heavy atom. The molecule has 27 heavy (non-hydrogen) atoms. The maximum Gasteiger partial charge on any atom is 0.471 e. The minimum Gasteiger partial charge on any atom is -0.507 e. The van der Waals surface area contributed by atoms with Gasteiger partial charge in [0.25, 0.3) is 0 Å². The third kappa shape index (κ3) is 4.21. The fourth-order valence-electron chi connectivity index (χ4n) is 2.67. The second kappa shape index (κ2) is 8.11. The topological polar surface area (TPSA) is 88.4 Å². The molecule has 1 aliphatic rings. The lowest BCUT2D eigenvalue weighted by atomic mass is 9.90. The number of phenolic OH excluding ortho intramolecular Hbond substituents is 1. The normalized spacial score (nSPS) is 18.0. The Morgan fingerprint density at radius 1 is 1.44 bits per heavy atom. The molecule has 0 saturated heterocycles. The molecule has 1 aromatic rings. The van der Waals surface area contributed by atoms with E-state index in [-0.39, 0.29) is 35.8 Å². The summed E-state index contributed by atoms with van der Waals surface area (Å²) in [6.45, 7) is 4.06. The Kier molecular flexibility index (Phi) is 6.09. The molecule has 2 rings (SSSR count). The number of aromatic hydroxyl groups is 1. The van der Waals surface area contributed by atoms with E-state index in [1.165, 1.54) is 31.2 Å². The molecule has 146 valence electrons. The second-order valence-corrected chi connectivity index (χ2v) is 5.45. The highest BCUT2D eigenvalue weighted by molar-refractivity contribution is 6.10. The van der Waals surface area contributed by atoms with Crippen molar-refractivity contribution in [3.63, 3.8) is 0 Å². The van der Waals surface area contributed by atoms with Crippen LogP contribution in [0.15, 0.2) is 36.0 Å². The van der Waals surface area contributed by atoms with E-state index in [2.05, 4.69) is 11.7 Å². The number of halogens is 3. The van der Waals surface area contributed by atoms with Crippen LogP contribution >= 0.6 is 0 Å². The Bertz CT molecular complexity index is 776. The number of phenols is 1. The molecule has 0 saturated carbocycles. The number of oxime groups is 1. The predicted molar refractivity (Wildman–Crippen MR) is 87.9 cm³/mol. The van der Waals surface area contributed by atoms with Crippen LogP contribution in [0.3, 0.4) is 0 Å². The number of amides is 1. The third-order valence-corrected chi connectivity index (χ3v) is 3.67. The molecule has 0 aromatic heterocycles. The van der Waals surface area contributed by atoms with Crippen molar-refractivity contribution in [1.29, 1.82) is 0 Å². The van der Waals surface area contributed by atoms with Crippen molar-refractivity contribution in [2.45, 2.75) is 19.1 Å². The van der Waals surface area contributed by atoms with Crippen LogP contribution in [-0.2, 0) is 19.2 Å². The highest BCUT2D eigenvalue weighted by atomic mass is 19.4. The van der Waals surface area contributed by atoms with Gasteiger partial charge in [0.15, 0.2) is 6.04 Å². The van der Waals surface area contributed by atoms with E-state index in [9.17, 15) is 27.9 Å². The van der Waals surface area contributed by atoms with Crippen molar-refractivity contribution in [1.82, 2.24) is 4.90 Å². The molecular weight excluding hydrogens is 369 g/mol. The first kappa shape index (κ1) is 20.3. The van der Waals surface area contributed by atoms with Gasteiger partial charge < -0.3 is 19.6 Å². The molecule has 1 aromatic carbocycles. The molecule has 1 atom stereocenters. The predicted octanol–water partition coefficient (Wildman–Crippen LogP) is 2.31. The molecule has 1 unspecified atom stereocenters. The van der Waals surface area contributed by atoms with Crippen molar-refractivity contribution in [3.05, 3.63) is 42.0 Å². The van der Waals surface area contributed by atoms with Crippen molar-refractivity contribution < 1.29 is 37.4 Å². The zero-order chi connectivity index (χ0) is 20.2. The van der Waals surface area contributed by atoms with Crippen molar-refractivity contribution in [3.8, 4) is 5.75 Å². The van der Waals surface area contributed by atoms with Gasteiger partial charge in [-0.2, -0.15) is 13.2 Å². The van der Waals surface area contributed by atoms with E-state index in [1.54, 1.807) is 0 Å². The summed E-state index contributed by atoms with van der Waals surface area (Å²) in [7, 11) is 0. The van der Waals surface area contributed by atoms with E-state index in [0.717, 1.165) is 0 Å². The summed E-state index contributed by atoms with van der Waals surface area (Å²) in [6.07, 6.45) is -3.86. The molecule has 1 aliphatic heterocycles. The molecule has 0 aliphatic carbocycles. The molecular formula is C17H17F3N2O5. The molecule has 1 amide bonds. The zero-order valence-corrected chi connectivity index (χ0v) is 14.3. The molecule has 7 nitrogen and oxygen atoms in total. The van der Waals surface area contributed by atoms with E-state index in [1.807, 2.05) is 0 Å². The highest BCUT2D eigenvalue weighted by Gasteiger charge is 2.50. The molecule has 0 radical (unpaired) electrons. The highest BCUT2D eigenvalue weighted by Crippen LogP contribution is 2.37. The SMILES string of the molecule is C=CCO/N=C1/CN(C(=O)C(F)(F)F)C(C(=O)OCC)c2cccc(O)c21. The summed E-state index contributed by atoms with van der Waals surface area (Å²) < 4.78 is 44.0. The van der Waals surface area contributed by atoms with Gasteiger partial charge in [-0.25, -0.2) is 4.79 Å². The number of carbonyl (C=O) groups excluding carboxylic acids is 2. The second-order valence-electron chi connectivity index (χ2n) is 5.45. The van der Waals surface area contributed by atoms with Gasteiger partial charge in [-0.1, -0.05) is 29.9 Å². The number of fused-ring (bicyclic) bond motifs is 1. The van der Waals surface area contributed by atoms with Gasteiger partial charge in [-0.15, -0.1) is 0 Å². The Morgan fingerprint density at radius 2 is 2.15 bits per heavy atom. The number of benzene rings is 1. The Labute approximate surface area is 152 Å². The summed E-state index contributed by atoms with van der Waals surface area (Å²) in [5.74, 6) is -3.60. The van der Waals surface area contributed by atoms with Crippen molar-refractivity contribution in [2.75, 3.05) is 19.8 Å². The van der Waals surface area contributed by atoms with Crippen LogP contribution in [0, 0.1) is 0 Å². The number of nitrogens with zero attached hydrogens (tertiary/aromatic N) is 2. The van der Waals surface area contributed by atoms with E-state index < -0.39 is 30.6 Å². The first-order valence-electron chi connectivity index (χ1n) is 7.88. The van der Waals surface area contributed by atoms with Gasteiger partial charge in [0.2, 0.25) is 0 Å². The van der Waals surface area contributed by atoms with Gasteiger partial charge in [-0.3, -0.25) is 4.79 Å². The van der Waals surface area contributed by atoms with Crippen LogP contribution in [0.25, 0.3) is 0 Å². The molecule has 1 heterocycles. The number of rotatable bonds is 5. The monoisotopic (exact) mass is 386 g/mol. The van der Waals surface area contributed by atoms with Crippen LogP contribution in [0.1, 0.15) is 24.1 Å². The first-order valence-corrected chi connectivity index (χ1v) is 7.88. The summed E-state index contributed by atoms with van der Waals surface area (Å²) in [4.78, 5) is 29.5. The van der Waals surface area contributed by atoms with Crippen LogP contribution in [0.4, 0.5) is 13.2 Å². The number of carbonyl (C=O) groups is 2. The van der Waals surface area contributed by atoms with Gasteiger partial charge in [0, 0.05) is 5.56 Å². The maximum atomic E-state index is 13.1. The van der Waals surface area contributed by atoms with Gasteiger partial charge in [0.1, 0.15) is 18.1 Å². The minimum atomic E-state index is -5.22. The number of esters is 1. The van der Waals surface area contributed by atoms with Gasteiger partial charge in [0.05, 0.1) is 13.2 Å². The summed E-state index contributed by atoms with van der Waals surface area (Å²) >= 11 is 0. The molecule has 1 N–H and O–H groups in total. The van der Waals surface area contributed by atoms with Crippen LogP contribution in [-0.4, -0.2) is 53.5 Å². The van der Waals surface area contributed by atoms with Gasteiger partial charge in [-0.05, 0) is 18.6 Å². The largest absolute Gasteiger partial charge is 0.507 e. The lowest BCUT2D eigenvalue weighted by Gasteiger charge is -2.36. The Balaban J connectivity index is 2.63.